The zero-order chi connectivity index (χ0) is 11.0. The molecule has 16 heavy (non-hydrogen) atoms. The third kappa shape index (κ3) is 1.66. The van der Waals surface area contributed by atoms with Crippen molar-refractivity contribution in [3.05, 3.63) is 36.4 Å². The van der Waals surface area contributed by atoms with E-state index in [0.717, 1.165) is 11.6 Å². The van der Waals surface area contributed by atoms with E-state index in [9.17, 15) is 0 Å². The lowest BCUT2D eigenvalue weighted by Gasteiger charge is -2.10. The van der Waals surface area contributed by atoms with Crippen molar-refractivity contribution in [1.82, 2.24) is 14.5 Å². The van der Waals surface area contributed by atoms with Crippen LogP contribution in [-0.4, -0.2) is 20.6 Å². The predicted molar refractivity (Wildman–Crippen MR) is 62.7 cm³/mol. The summed E-state index contributed by atoms with van der Waals surface area (Å²) in [5.74, 6) is 0.915. The van der Waals surface area contributed by atoms with Gasteiger partial charge in [-0.15, -0.1) is 0 Å². The van der Waals surface area contributed by atoms with Gasteiger partial charge in [0, 0.05) is 24.6 Å². The van der Waals surface area contributed by atoms with Crippen molar-refractivity contribution in [2.24, 2.45) is 0 Å². The quantitative estimate of drug-likeness (QED) is 0.851. The molecule has 1 aliphatic carbocycles. The third-order valence-electron chi connectivity index (χ3n) is 2.82. The van der Waals surface area contributed by atoms with Crippen LogP contribution in [0.5, 0.6) is 0 Å². The van der Waals surface area contributed by atoms with Gasteiger partial charge in [-0.05, 0) is 31.4 Å². The molecule has 4 heteroatoms. The maximum atomic E-state index is 4.34. The van der Waals surface area contributed by atoms with E-state index in [1.165, 1.54) is 18.4 Å². The largest absolute Gasteiger partial charge is 0.353 e. The number of pyridine rings is 1. The van der Waals surface area contributed by atoms with E-state index in [-0.39, 0.29) is 0 Å². The minimum absolute atomic E-state index is 0.609. The van der Waals surface area contributed by atoms with Gasteiger partial charge >= 0.3 is 0 Å². The third-order valence-corrected chi connectivity index (χ3v) is 2.82. The Morgan fingerprint density at radius 2 is 2.25 bits per heavy atom. The fraction of sp³-hybridized carbons (Fsp3) is 0.333. The zero-order valence-corrected chi connectivity index (χ0v) is 9.22. The second-order valence-electron chi connectivity index (χ2n) is 4.20. The highest BCUT2D eigenvalue weighted by Gasteiger charge is 2.22. The molecule has 0 radical (unpaired) electrons. The van der Waals surface area contributed by atoms with Gasteiger partial charge < -0.3 is 5.32 Å². The average molecular weight is 214 g/mol. The highest BCUT2D eigenvalue weighted by molar-refractivity contribution is 5.45. The van der Waals surface area contributed by atoms with Gasteiger partial charge in [0.2, 0.25) is 5.95 Å². The number of hydrogen-bond donors (Lipinski definition) is 1. The first-order valence-corrected chi connectivity index (χ1v) is 5.55. The molecule has 0 saturated heterocycles. The van der Waals surface area contributed by atoms with E-state index in [4.69, 9.17) is 0 Å². The normalized spacial score (nSPS) is 15.1. The van der Waals surface area contributed by atoms with E-state index in [2.05, 4.69) is 26.8 Å². The maximum absolute atomic E-state index is 4.34. The Kier molecular flexibility index (Phi) is 2.13. The lowest BCUT2D eigenvalue weighted by Crippen LogP contribution is -2.08. The Labute approximate surface area is 94.4 Å². The van der Waals surface area contributed by atoms with Crippen molar-refractivity contribution in [1.29, 1.82) is 0 Å². The fourth-order valence-corrected chi connectivity index (χ4v) is 1.72. The lowest BCUT2D eigenvalue weighted by atomic mass is 10.2. The van der Waals surface area contributed by atoms with Crippen molar-refractivity contribution in [2.75, 3.05) is 5.32 Å². The molecule has 1 aliphatic rings. The monoisotopic (exact) mass is 214 g/mol. The molecule has 0 unspecified atom stereocenters. The summed E-state index contributed by atoms with van der Waals surface area (Å²) in [6.45, 7) is 2.08. The summed E-state index contributed by atoms with van der Waals surface area (Å²) in [7, 11) is 0. The molecular formula is C12H14N4. The Morgan fingerprint density at radius 3 is 3.00 bits per heavy atom. The second-order valence-corrected chi connectivity index (χ2v) is 4.20. The maximum Gasteiger partial charge on any atom is 0.207 e. The second kappa shape index (κ2) is 3.63. The topological polar surface area (TPSA) is 42.7 Å². The number of hydrogen-bond acceptors (Lipinski definition) is 3. The highest BCUT2D eigenvalue weighted by Crippen LogP contribution is 2.25. The molecule has 2 aromatic rings. The van der Waals surface area contributed by atoms with Crippen LogP contribution in [0.3, 0.4) is 0 Å². The molecule has 0 aliphatic heterocycles. The molecule has 1 fully saturated rings. The molecule has 0 aromatic carbocycles. The molecule has 82 valence electrons. The minimum atomic E-state index is 0.609. The Bertz CT molecular complexity index is 499. The molecule has 2 heterocycles. The summed E-state index contributed by atoms with van der Waals surface area (Å²) in [5.41, 5.74) is 2.29. The first kappa shape index (κ1) is 9.39. The molecule has 0 spiro atoms. The lowest BCUT2D eigenvalue weighted by molar-refractivity contribution is 0.983. The Morgan fingerprint density at radius 1 is 1.38 bits per heavy atom. The van der Waals surface area contributed by atoms with E-state index >= 15 is 0 Å². The van der Waals surface area contributed by atoms with E-state index in [1.807, 2.05) is 30.9 Å². The number of aromatic nitrogens is 3. The smallest absolute Gasteiger partial charge is 0.207 e. The molecule has 1 saturated carbocycles. The molecular weight excluding hydrogens is 200 g/mol. The van der Waals surface area contributed by atoms with Crippen LogP contribution in [0.2, 0.25) is 0 Å². The SMILES string of the molecule is Cc1ccncc1-n1ccnc1NC1CC1. The summed E-state index contributed by atoms with van der Waals surface area (Å²) in [6.07, 6.45) is 9.96. The standard InChI is InChI=1S/C12H14N4/c1-9-4-5-13-8-11(9)16-7-6-14-12(16)15-10-2-3-10/h4-8,10H,2-3H2,1H3,(H,14,15). The molecule has 0 amide bonds. The summed E-state index contributed by atoms with van der Waals surface area (Å²) in [5, 5.41) is 3.41. The average Bonchev–Trinajstić information content (AvgIpc) is 2.97. The van der Waals surface area contributed by atoms with Gasteiger partial charge in [0.15, 0.2) is 0 Å². The van der Waals surface area contributed by atoms with Gasteiger partial charge in [0.25, 0.3) is 0 Å². The van der Waals surface area contributed by atoms with Crippen LogP contribution in [0.4, 0.5) is 5.95 Å². The summed E-state index contributed by atoms with van der Waals surface area (Å²) in [6, 6.07) is 2.62. The van der Waals surface area contributed by atoms with Crippen molar-refractivity contribution in [2.45, 2.75) is 25.8 Å². The first-order valence-electron chi connectivity index (χ1n) is 5.55. The number of anilines is 1. The van der Waals surface area contributed by atoms with Crippen LogP contribution in [0, 0.1) is 6.92 Å². The number of nitrogens with zero attached hydrogens (tertiary/aromatic N) is 3. The minimum Gasteiger partial charge on any atom is -0.353 e. The van der Waals surface area contributed by atoms with Crippen molar-refractivity contribution < 1.29 is 0 Å². The number of imidazole rings is 1. The van der Waals surface area contributed by atoms with Crippen LogP contribution >= 0.6 is 0 Å². The van der Waals surface area contributed by atoms with E-state index in [0.29, 0.717) is 6.04 Å². The molecule has 0 bridgehead atoms. The molecule has 4 nitrogen and oxygen atoms in total. The van der Waals surface area contributed by atoms with Crippen LogP contribution < -0.4 is 5.32 Å². The predicted octanol–water partition coefficient (Wildman–Crippen LogP) is 2.15. The van der Waals surface area contributed by atoms with Crippen LogP contribution in [0.25, 0.3) is 5.69 Å². The van der Waals surface area contributed by atoms with Crippen molar-refractivity contribution in [3.8, 4) is 5.69 Å². The summed E-state index contributed by atoms with van der Waals surface area (Å²) >= 11 is 0. The van der Waals surface area contributed by atoms with Crippen molar-refractivity contribution >= 4 is 5.95 Å². The Hall–Kier alpha value is -1.84. The molecule has 1 N–H and O–H groups in total. The molecule has 0 atom stereocenters. The molecule has 3 rings (SSSR count). The van der Waals surface area contributed by atoms with E-state index in [1.54, 1.807) is 0 Å². The van der Waals surface area contributed by atoms with Crippen LogP contribution in [0.15, 0.2) is 30.9 Å². The highest BCUT2D eigenvalue weighted by atomic mass is 15.2. The van der Waals surface area contributed by atoms with Crippen LogP contribution in [-0.2, 0) is 0 Å². The van der Waals surface area contributed by atoms with Gasteiger partial charge in [-0.1, -0.05) is 0 Å². The van der Waals surface area contributed by atoms with Gasteiger partial charge in [-0.3, -0.25) is 9.55 Å². The number of nitrogens with one attached hydrogen (secondary N) is 1. The van der Waals surface area contributed by atoms with Gasteiger partial charge in [0.05, 0.1) is 11.9 Å². The van der Waals surface area contributed by atoms with Gasteiger partial charge in [0.1, 0.15) is 0 Å². The summed E-state index contributed by atoms with van der Waals surface area (Å²) in [4.78, 5) is 8.50. The van der Waals surface area contributed by atoms with Crippen LogP contribution in [0.1, 0.15) is 18.4 Å². The Balaban J connectivity index is 1.99. The summed E-state index contributed by atoms with van der Waals surface area (Å²) < 4.78 is 2.06. The fourth-order valence-electron chi connectivity index (χ4n) is 1.72. The van der Waals surface area contributed by atoms with Gasteiger partial charge in [-0.2, -0.15) is 0 Å². The first-order chi connectivity index (χ1) is 7.84. The zero-order valence-electron chi connectivity index (χ0n) is 9.22. The number of aryl methyl sites for hydroxylation is 1. The van der Waals surface area contributed by atoms with Gasteiger partial charge in [-0.25, -0.2) is 4.98 Å². The van der Waals surface area contributed by atoms with Crippen molar-refractivity contribution in [3.63, 3.8) is 0 Å². The number of rotatable bonds is 3. The van der Waals surface area contributed by atoms with E-state index < -0.39 is 0 Å². The molecule has 2 aromatic heterocycles.